The van der Waals surface area contributed by atoms with Gasteiger partial charge in [0.2, 0.25) is 0 Å². The molecule has 0 radical (unpaired) electrons. The van der Waals surface area contributed by atoms with Crippen molar-refractivity contribution in [1.29, 1.82) is 0 Å². The normalized spacial score (nSPS) is 10.7. The summed E-state index contributed by atoms with van der Waals surface area (Å²) in [5.74, 6) is 0.943. The van der Waals surface area contributed by atoms with Crippen LogP contribution in [0.5, 0.6) is 0 Å². The molecule has 0 aliphatic rings. The van der Waals surface area contributed by atoms with E-state index in [0.717, 1.165) is 30.9 Å². The molecule has 0 amide bonds. The van der Waals surface area contributed by atoms with E-state index in [-0.39, 0.29) is 0 Å². The number of rotatable bonds is 5. The van der Waals surface area contributed by atoms with Gasteiger partial charge < -0.3 is 5.32 Å². The first-order chi connectivity index (χ1) is 8.33. The summed E-state index contributed by atoms with van der Waals surface area (Å²) in [6, 6.07) is 4.26. The van der Waals surface area contributed by atoms with Crippen molar-refractivity contribution in [1.82, 2.24) is 19.9 Å². The Morgan fingerprint density at radius 3 is 2.88 bits per heavy atom. The van der Waals surface area contributed by atoms with Gasteiger partial charge >= 0.3 is 0 Å². The molecule has 1 N–H and O–H groups in total. The van der Waals surface area contributed by atoms with E-state index in [1.165, 1.54) is 5.56 Å². The monoisotopic (exact) mass is 230 g/mol. The standard InChI is InChI=1S/C13H18N4/c1-3-4-12-7-11(9-14-2)8-13(16-12)17-6-5-15-10-17/h5-8,10,14H,3-4,9H2,1-2H3. The van der Waals surface area contributed by atoms with Crippen LogP contribution in [0.15, 0.2) is 30.9 Å². The lowest BCUT2D eigenvalue weighted by Gasteiger charge is -2.08. The van der Waals surface area contributed by atoms with Gasteiger partial charge in [0.25, 0.3) is 0 Å². The zero-order valence-electron chi connectivity index (χ0n) is 10.3. The maximum absolute atomic E-state index is 4.64. The number of hydrogen-bond acceptors (Lipinski definition) is 3. The quantitative estimate of drug-likeness (QED) is 0.853. The number of pyridine rings is 1. The molecule has 90 valence electrons. The van der Waals surface area contributed by atoms with Gasteiger partial charge in [0.1, 0.15) is 12.1 Å². The van der Waals surface area contributed by atoms with Crippen LogP contribution in [0.2, 0.25) is 0 Å². The minimum absolute atomic E-state index is 0.862. The van der Waals surface area contributed by atoms with E-state index in [2.05, 4.69) is 34.3 Å². The molecule has 2 aromatic rings. The third kappa shape index (κ3) is 2.91. The van der Waals surface area contributed by atoms with Crippen molar-refractivity contribution < 1.29 is 0 Å². The average Bonchev–Trinajstić information content (AvgIpc) is 2.83. The van der Waals surface area contributed by atoms with Gasteiger partial charge in [-0.2, -0.15) is 0 Å². The average molecular weight is 230 g/mol. The smallest absolute Gasteiger partial charge is 0.138 e. The SMILES string of the molecule is CCCc1cc(CNC)cc(-n2ccnc2)n1. The topological polar surface area (TPSA) is 42.7 Å². The Kier molecular flexibility index (Phi) is 3.88. The molecule has 17 heavy (non-hydrogen) atoms. The van der Waals surface area contributed by atoms with Crippen LogP contribution in [-0.2, 0) is 13.0 Å². The van der Waals surface area contributed by atoms with Crippen LogP contribution in [0.1, 0.15) is 24.6 Å². The van der Waals surface area contributed by atoms with E-state index < -0.39 is 0 Å². The number of imidazole rings is 1. The fourth-order valence-corrected chi connectivity index (χ4v) is 1.85. The number of hydrogen-bond donors (Lipinski definition) is 1. The molecule has 0 aliphatic carbocycles. The summed E-state index contributed by atoms with van der Waals surface area (Å²) in [4.78, 5) is 8.70. The molecule has 0 fully saturated rings. The number of nitrogens with zero attached hydrogens (tertiary/aromatic N) is 3. The van der Waals surface area contributed by atoms with E-state index >= 15 is 0 Å². The lowest BCUT2D eigenvalue weighted by Crippen LogP contribution is -2.08. The fraction of sp³-hybridized carbons (Fsp3) is 0.385. The van der Waals surface area contributed by atoms with Gasteiger partial charge in [0.05, 0.1) is 0 Å². The van der Waals surface area contributed by atoms with E-state index in [9.17, 15) is 0 Å². The summed E-state index contributed by atoms with van der Waals surface area (Å²) in [6.07, 6.45) is 7.59. The number of aryl methyl sites for hydroxylation is 1. The van der Waals surface area contributed by atoms with Gasteiger partial charge in [-0.05, 0) is 31.2 Å². The van der Waals surface area contributed by atoms with Crippen LogP contribution in [-0.4, -0.2) is 21.6 Å². The maximum atomic E-state index is 4.64. The van der Waals surface area contributed by atoms with Crippen molar-refractivity contribution in [3.05, 3.63) is 42.1 Å². The summed E-state index contributed by atoms with van der Waals surface area (Å²) >= 11 is 0. The van der Waals surface area contributed by atoms with Crippen molar-refractivity contribution in [3.63, 3.8) is 0 Å². The molecule has 0 bridgehead atoms. The molecule has 0 saturated carbocycles. The van der Waals surface area contributed by atoms with Crippen LogP contribution in [0.3, 0.4) is 0 Å². The van der Waals surface area contributed by atoms with E-state index in [0.29, 0.717) is 0 Å². The molecule has 2 heterocycles. The molecule has 4 heteroatoms. The van der Waals surface area contributed by atoms with Crippen molar-refractivity contribution in [2.24, 2.45) is 0 Å². The second-order valence-electron chi connectivity index (χ2n) is 4.08. The van der Waals surface area contributed by atoms with Crippen molar-refractivity contribution >= 4 is 0 Å². The van der Waals surface area contributed by atoms with Crippen molar-refractivity contribution in [2.45, 2.75) is 26.3 Å². The van der Waals surface area contributed by atoms with Crippen molar-refractivity contribution in [3.8, 4) is 5.82 Å². The first kappa shape index (κ1) is 11.8. The Bertz CT molecular complexity index is 438. The summed E-state index contributed by atoms with van der Waals surface area (Å²) < 4.78 is 1.94. The minimum Gasteiger partial charge on any atom is -0.316 e. The molecule has 0 aliphatic heterocycles. The second kappa shape index (κ2) is 5.59. The third-order valence-corrected chi connectivity index (χ3v) is 2.58. The first-order valence-electron chi connectivity index (χ1n) is 5.96. The van der Waals surface area contributed by atoms with Crippen LogP contribution >= 0.6 is 0 Å². The predicted molar refractivity (Wildman–Crippen MR) is 68.1 cm³/mol. The van der Waals surface area contributed by atoms with E-state index in [4.69, 9.17) is 0 Å². The Morgan fingerprint density at radius 2 is 2.24 bits per heavy atom. The molecule has 2 rings (SSSR count). The highest BCUT2D eigenvalue weighted by atomic mass is 15.1. The van der Waals surface area contributed by atoms with Gasteiger partial charge in [-0.1, -0.05) is 13.3 Å². The molecular weight excluding hydrogens is 212 g/mol. The third-order valence-electron chi connectivity index (χ3n) is 2.58. The Labute approximate surface area is 102 Å². The molecule has 0 saturated heterocycles. The van der Waals surface area contributed by atoms with Crippen molar-refractivity contribution in [2.75, 3.05) is 7.05 Å². The molecule has 0 aromatic carbocycles. The van der Waals surface area contributed by atoms with Crippen LogP contribution in [0, 0.1) is 0 Å². The van der Waals surface area contributed by atoms with Gasteiger partial charge in [0.15, 0.2) is 0 Å². The first-order valence-corrected chi connectivity index (χ1v) is 5.96. The second-order valence-corrected chi connectivity index (χ2v) is 4.08. The van der Waals surface area contributed by atoms with Gasteiger partial charge in [-0.15, -0.1) is 0 Å². The molecule has 2 aromatic heterocycles. The van der Waals surface area contributed by atoms with Crippen LogP contribution in [0.25, 0.3) is 5.82 Å². The Balaban J connectivity index is 2.37. The molecule has 4 nitrogen and oxygen atoms in total. The Hall–Kier alpha value is -1.68. The summed E-state index contributed by atoms with van der Waals surface area (Å²) in [5.41, 5.74) is 2.40. The molecule has 0 unspecified atom stereocenters. The zero-order chi connectivity index (χ0) is 12.1. The largest absolute Gasteiger partial charge is 0.316 e. The van der Waals surface area contributed by atoms with Gasteiger partial charge in [-0.25, -0.2) is 9.97 Å². The summed E-state index contributed by atoms with van der Waals surface area (Å²) in [6.45, 7) is 3.03. The minimum atomic E-state index is 0.862. The zero-order valence-corrected chi connectivity index (χ0v) is 10.3. The highest BCUT2D eigenvalue weighted by Gasteiger charge is 2.03. The lowest BCUT2D eigenvalue weighted by atomic mass is 10.1. The number of nitrogens with one attached hydrogen (secondary N) is 1. The summed E-state index contributed by atoms with van der Waals surface area (Å²) in [7, 11) is 1.96. The Morgan fingerprint density at radius 1 is 1.35 bits per heavy atom. The van der Waals surface area contributed by atoms with Crippen LogP contribution < -0.4 is 5.32 Å². The molecular formula is C13H18N4. The van der Waals surface area contributed by atoms with E-state index in [1.54, 1.807) is 12.5 Å². The highest BCUT2D eigenvalue weighted by Crippen LogP contribution is 2.11. The highest BCUT2D eigenvalue weighted by molar-refractivity contribution is 5.31. The molecule has 0 spiro atoms. The van der Waals surface area contributed by atoms with Gasteiger partial charge in [-0.3, -0.25) is 4.57 Å². The summed E-state index contributed by atoms with van der Waals surface area (Å²) in [5, 5.41) is 3.17. The predicted octanol–water partition coefficient (Wildman–Crippen LogP) is 1.94. The lowest BCUT2D eigenvalue weighted by molar-refractivity contribution is 0.798. The number of aromatic nitrogens is 3. The van der Waals surface area contributed by atoms with E-state index in [1.807, 2.05) is 17.8 Å². The maximum Gasteiger partial charge on any atom is 0.138 e. The van der Waals surface area contributed by atoms with Crippen LogP contribution in [0.4, 0.5) is 0 Å². The van der Waals surface area contributed by atoms with Gasteiger partial charge in [0, 0.05) is 24.6 Å². The fourth-order valence-electron chi connectivity index (χ4n) is 1.85. The molecule has 0 atom stereocenters.